The molecule has 0 fully saturated rings. The molecule has 1 amide bonds. The molecule has 7 heteroatoms. The lowest BCUT2D eigenvalue weighted by atomic mass is 10.2. The fourth-order valence-electron chi connectivity index (χ4n) is 2.16. The van der Waals surface area contributed by atoms with Crippen LogP contribution in [0.3, 0.4) is 0 Å². The summed E-state index contributed by atoms with van der Waals surface area (Å²) in [5.41, 5.74) is 1.62. The van der Waals surface area contributed by atoms with Gasteiger partial charge in [-0.1, -0.05) is 17.7 Å². The lowest BCUT2D eigenvalue weighted by molar-refractivity contribution is -0.123. The number of carbonyl (C=O) groups excluding carboxylic acids is 1. The summed E-state index contributed by atoms with van der Waals surface area (Å²) in [5, 5.41) is 11.5. The molecule has 0 bridgehead atoms. The number of amides is 1. The summed E-state index contributed by atoms with van der Waals surface area (Å²) in [5.74, 6) is 1.07. The van der Waals surface area contributed by atoms with Crippen molar-refractivity contribution in [1.29, 1.82) is 0 Å². The van der Waals surface area contributed by atoms with E-state index in [4.69, 9.17) is 16.3 Å². The minimum Gasteiger partial charge on any atom is -0.484 e. The molecule has 6 nitrogen and oxygen atoms in total. The number of nitrogens with zero attached hydrogens (tertiary/aromatic N) is 3. The van der Waals surface area contributed by atoms with E-state index in [1.54, 1.807) is 18.2 Å². The third-order valence-electron chi connectivity index (χ3n) is 3.32. The van der Waals surface area contributed by atoms with E-state index < -0.39 is 0 Å². The van der Waals surface area contributed by atoms with Crippen LogP contribution in [-0.4, -0.2) is 27.1 Å². The highest BCUT2D eigenvalue weighted by Crippen LogP contribution is 2.21. The first-order valence-corrected chi connectivity index (χ1v) is 7.45. The molecule has 0 aliphatic carbocycles. The van der Waals surface area contributed by atoms with Crippen LogP contribution >= 0.6 is 11.6 Å². The van der Waals surface area contributed by atoms with Crippen LogP contribution in [0.1, 0.15) is 11.4 Å². The summed E-state index contributed by atoms with van der Waals surface area (Å²) in [6, 6.07) is 10.9. The first-order valence-electron chi connectivity index (χ1n) is 7.08. The standard InChI is InChI=1S/C16H15ClN4O2/c1-11-8-12(17)5-6-13(11)23-10-16(22)18-9-15-20-19-14-4-2-3-7-21(14)15/h2-8H,9-10H2,1H3,(H,18,22). The van der Waals surface area contributed by atoms with Gasteiger partial charge < -0.3 is 10.1 Å². The number of benzene rings is 1. The van der Waals surface area contributed by atoms with Crippen molar-refractivity contribution in [2.24, 2.45) is 0 Å². The molecule has 0 spiro atoms. The molecule has 118 valence electrons. The Morgan fingerprint density at radius 1 is 1.30 bits per heavy atom. The van der Waals surface area contributed by atoms with Crippen LogP contribution in [0.5, 0.6) is 5.75 Å². The fraction of sp³-hybridized carbons (Fsp3) is 0.188. The van der Waals surface area contributed by atoms with Crippen LogP contribution in [0.25, 0.3) is 5.65 Å². The predicted molar refractivity (Wildman–Crippen MR) is 86.5 cm³/mol. The Morgan fingerprint density at radius 3 is 3.00 bits per heavy atom. The average Bonchev–Trinajstić information content (AvgIpc) is 2.95. The molecule has 0 atom stereocenters. The van der Waals surface area contributed by atoms with Gasteiger partial charge in [-0.2, -0.15) is 0 Å². The number of hydrogen-bond donors (Lipinski definition) is 1. The van der Waals surface area contributed by atoms with E-state index in [-0.39, 0.29) is 19.1 Å². The molecular weight excluding hydrogens is 316 g/mol. The summed E-state index contributed by atoms with van der Waals surface area (Å²) in [7, 11) is 0. The number of ether oxygens (including phenoxy) is 1. The Morgan fingerprint density at radius 2 is 2.17 bits per heavy atom. The molecule has 0 saturated carbocycles. The van der Waals surface area contributed by atoms with Gasteiger partial charge in [-0.15, -0.1) is 10.2 Å². The molecule has 1 aromatic carbocycles. The summed E-state index contributed by atoms with van der Waals surface area (Å²) >= 11 is 5.88. The number of halogens is 1. The summed E-state index contributed by atoms with van der Waals surface area (Å²) in [4.78, 5) is 11.9. The Labute approximate surface area is 138 Å². The first-order chi connectivity index (χ1) is 11.1. The summed E-state index contributed by atoms with van der Waals surface area (Å²) in [6.45, 7) is 2.09. The monoisotopic (exact) mass is 330 g/mol. The Hall–Kier alpha value is -2.60. The zero-order valence-corrected chi connectivity index (χ0v) is 13.2. The van der Waals surface area contributed by atoms with Gasteiger partial charge in [0.2, 0.25) is 0 Å². The lowest BCUT2D eigenvalue weighted by Gasteiger charge is -2.09. The summed E-state index contributed by atoms with van der Waals surface area (Å²) < 4.78 is 7.32. The van der Waals surface area contributed by atoms with Crippen LogP contribution in [0.2, 0.25) is 5.02 Å². The maximum absolute atomic E-state index is 11.9. The van der Waals surface area contributed by atoms with Crippen LogP contribution in [0.15, 0.2) is 42.6 Å². The van der Waals surface area contributed by atoms with Crippen molar-refractivity contribution < 1.29 is 9.53 Å². The predicted octanol–water partition coefficient (Wildman–Crippen LogP) is 2.39. The Bertz CT molecular complexity index is 847. The van der Waals surface area contributed by atoms with Gasteiger partial charge >= 0.3 is 0 Å². The van der Waals surface area contributed by atoms with Crippen LogP contribution in [0, 0.1) is 6.92 Å². The van der Waals surface area contributed by atoms with E-state index in [1.165, 1.54) is 0 Å². The van der Waals surface area contributed by atoms with Crippen molar-refractivity contribution >= 4 is 23.2 Å². The third kappa shape index (κ3) is 3.60. The molecule has 0 radical (unpaired) electrons. The van der Waals surface area contributed by atoms with Gasteiger partial charge in [0.05, 0.1) is 6.54 Å². The number of rotatable bonds is 5. The largest absolute Gasteiger partial charge is 0.484 e. The van der Waals surface area contributed by atoms with Crippen LogP contribution in [0.4, 0.5) is 0 Å². The zero-order valence-electron chi connectivity index (χ0n) is 12.5. The zero-order chi connectivity index (χ0) is 16.2. The SMILES string of the molecule is Cc1cc(Cl)ccc1OCC(=O)NCc1nnc2ccccn12. The Balaban J connectivity index is 1.55. The van der Waals surface area contributed by atoms with E-state index in [0.717, 1.165) is 11.2 Å². The topological polar surface area (TPSA) is 68.5 Å². The smallest absolute Gasteiger partial charge is 0.258 e. The van der Waals surface area contributed by atoms with Crippen molar-refractivity contribution in [2.75, 3.05) is 6.61 Å². The van der Waals surface area contributed by atoms with Gasteiger partial charge in [0.1, 0.15) is 5.75 Å². The van der Waals surface area contributed by atoms with E-state index in [2.05, 4.69) is 15.5 Å². The number of hydrogen-bond acceptors (Lipinski definition) is 4. The van der Waals surface area contributed by atoms with Gasteiger partial charge in [0.15, 0.2) is 18.1 Å². The second-order valence-corrected chi connectivity index (χ2v) is 5.46. The molecule has 2 heterocycles. The highest BCUT2D eigenvalue weighted by Gasteiger charge is 2.08. The number of carbonyl (C=O) groups is 1. The maximum atomic E-state index is 11.9. The van der Waals surface area contributed by atoms with Crippen molar-refractivity contribution in [3.8, 4) is 5.75 Å². The minimum atomic E-state index is -0.230. The quantitative estimate of drug-likeness (QED) is 0.780. The van der Waals surface area contributed by atoms with Crippen molar-refractivity contribution in [3.05, 3.63) is 59.0 Å². The van der Waals surface area contributed by atoms with Crippen molar-refractivity contribution in [2.45, 2.75) is 13.5 Å². The highest BCUT2D eigenvalue weighted by atomic mass is 35.5. The van der Waals surface area contributed by atoms with Gasteiger partial charge in [-0.25, -0.2) is 0 Å². The van der Waals surface area contributed by atoms with Gasteiger partial charge in [0.25, 0.3) is 5.91 Å². The molecule has 0 saturated heterocycles. The lowest BCUT2D eigenvalue weighted by Crippen LogP contribution is -2.29. The van der Waals surface area contributed by atoms with E-state index in [9.17, 15) is 4.79 Å². The van der Waals surface area contributed by atoms with Crippen LogP contribution in [-0.2, 0) is 11.3 Å². The Kier molecular flexibility index (Phi) is 4.43. The molecule has 3 aromatic rings. The molecular formula is C16H15ClN4O2. The van der Waals surface area contributed by atoms with E-state index in [0.29, 0.717) is 16.6 Å². The van der Waals surface area contributed by atoms with Gasteiger partial charge in [-0.3, -0.25) is 9.20 Å². The van der Waals surface area contributed by atoms with Gasteiger partial charge in [-0.05, 0) is 42.8 Å². The number of aryl methyl sites for hydroxylation is 1. The molecule has 0 aliphatic heterocycles. The fourth-order valence-corrected chi connectivity index (χ4v) is 2.38. The second-order valence-electron chi connectivity index (χ2n) is 5.02. The number of fused-ring (bicyclic) bond motifs is 1. The first kappa shape index (κ1) is 15.3. The normalized spacial score (nSPS) is 10.7. The van der Waals surface area contributed by atoms with E-state index >= 15 is 0 Å². The molecule has 23 heavy (non-hydrogen) atoms. The molecule has 3 rings (SSSR count). The average molecular weight is 331 g/mol. The van der Waals surface area contributed by atoms with Crippen molar-refractivity contribution in [3.63, 3.8) is 0 Å². The molecule has 0 unspecified atom stereocenters. The third-order valence-corrected chi connectivity index (χ3v) is 3.56. The summed E-state index contributed by atoms with van der Waals surface area (Å²) in [6.07, 6.45) is 1.85. The van der Waals surface area contributed by atoms with Crippen LogP contribution < -0.4 is 10.1 Å². The van der Waals surface area contributed by atoms with Crippen molar-refractivity contribution in [1.82, 2.24) is 19.9 Å². The number of pyridine rings is 1. The maximum Gasteiger partial charge on any atom is 0.258 e. The van der Waals surface area contributed by atoms with E-state index in [1.807, 2.05) is 35.7 Å². The number of nitrogens with one attached hydrogen (secondary N) is 1. The molecule has 2 aromatic heterocycles. The number of aromatic nitrogens is 3. The second kappa shape index (κ2) is 6.66. The minimum absolute atomic E-state index is 0.0702. The molecule has 0 aliphatic rings. The molecule has 1 N–H and O–H groups in total. The highest BCUT2D eigenvalue weighted by molar-refractivity contribution is 6.30. The van der Waals surface area contributed by atoms with Gasteiger partial charge in [0, 0.05) is 11.2 Å².